The molecule has 0 radical (unpaired) electrons. The zero-order chi connectivity index (χ0) is 21.6. The number of rotatable bonds is 6. The van der Waals surface area contributed by atoms with Gasteiger partial charge in [-0.3, -0.25) is 0 Å². The zero-order valence-corrected chi connectivity index (χ0v) is 17.6. The highest BCUT2D eigenvalue weighted by atomic mass is 16.4. The van der Waals surface area contributed by atoms with Gasteiger partial charge in [0.25, 0.3) is 0 Å². The van der Waals surface area contributed by atoms with Crippen LogP contribution in [-0.4, -0.2) is 37.1 Å². The predicted molar refractivity (Wildman–Crippen MR) is 110 cm³/mol. The van der Waals surface area contributed by atoms with Gasteiger partial charge >= 0.3 is 11.9 Å². The SMILES string of the molecule is Cc1c(Cc2[nH]c(C(=O)O)c(C)c2C)[nH]c(Cc2[nH]c(C(=O)O)c(C)c2C)c1C. The van der Waals surface area contributed by atoms with Crippen LogP contribution < -0.4 is 0 Å². The average Bonchev–Trinajstić information content (AvgIpc) is 3.20. The van der Waals surface area contributed by atoms with Crippen molar-refractivity contribution in [3.8, 4) is 0 Å². The summed E-state index contributed by atoms with van der Waals surface area (Å²) in [4.78, 5) is 32.4. The van der Waals surface area contributed by atoms with E-state index in [1.54, 1.807) is 0 Å². The quantitative estimate of drug-likeness (QED) is 0.430. The summed E-state index contributed by atoms with van der Waals surface area (Å²) in [6, 6.07) is 0. The smallest absolute Gasteiger partial charge is 0.352 e. The van der Waals surface area contributed by atoms with Crippen LogP contribution in [0.4, 0.5) is 0 Å². The van der Waals surface area contributed by atoms with E-state index in [0.29, 0.717) is 12.8 Å². The molecule has 0 aromatic carbocycles. The van der Waals surface area contributed by atoms with Gasteiger partial charge in [-0.1, -0.05) is 0 Å². The number of carbonyl (C=O) groups is 2. The lowest BCUT2D eigenvalue weighted by Gasteiger charge is -2.02. The van der Waals surface area contributed by atoms with Gasteiger partial charge in [0.15, 0.2) is 0 Å². The molecule has 3 rings (SSSR count). The first-order valence-corrected chi connectivity index (χ1v) is 9.52. The van der Waals surface area contributed by atoms with E-state index in [0.717, 1.165) is 56.2 Å². The highest BCUT2D eigenvalue weighted by molar-refractivity contribution is 5.88. The van der Waals surface area contributed by atoms with E-state index >= 15 is 0 Å². The fourth-order valence-corrected chi connectivity index (χ4v) is 3.82. The molecule has 0 atom stereocenters. The molecule has 3 aromatic heterocycles. The topological polar surface area (TPSA) is 122 Å². The van der Waals surface area contributed by atoms with Crippen LogP contribution >= 0.6 is 0 Å². The number of nitrogens with one attached hydrogen (secondary N) is 3. The van der Waals surface area contributed by atoms with Crippen LogP contribution in [0.1, 0.15) is 77.1 Å². The molecule has 0 aliphatic carbocycles. The Kier molecular flexibility index (Phi) is 5.17. The summed E-state index contributed by atoms with van der Waals surface area (Å²) < 4.78 is 0. The van der Waals surface area contributed by atoms with Gasteiger partial charge in [0.1, 0.15) is 11.4 Å². The summed E-state index contributed by atoms with van der Waals surface area (Å²) in [6.45, 7) is 11.6. The fraction of sp³-hybridized carbons (Fsp3) is 0.364. The van der Waals surface area contributed by atoms with Crippen molar-refractivity contribution < 1.29 is 19.8 Å². The van der Waals surface area contributed by atoms with Crippen LogP contribution in [-0.2, 0) is 12.8 Å². The summed E-state index contributed by atoms with van der Waals surface area (Å²) in [5, 5.41) is 18.7. The van der Waals surface area contributed by atoms with E-state index in [4.69, 9.17) is 0 Å². The Balaban J connectivity index is 1.94. The van der Waals surface area contributed by atoms with Gasteiger partial charge < -0.3 is 25.2 Å². The van der Waals surface area contributed by atoms with E-state index in [9.17, 15) is 19.8 Å². The molecule has 5 N–H and O–H groups in total. The van der Waals surface area contributed by atoms with Crippen molar-refractivity contribution in [3.05, 3.63) is 67.5 Å². The summed E-state index contributed by atoms with van der Waals surface area (Å²) in [6.07, 6.45) is 1.16. The second kappa shape index (κ2) is 7.31. The van der Waals surface area contributed by atoms with Crippen LogP contribution in [0.2, 0.25) is 0 Å². The first kappa shape index (κ1) is 20.5. The van der Waals surface area contributed by atoms with E-state index in [1.165, 1.54) is 0 Å². The summed E-state index contributed by atoms with van der Waals surface area (Å²) in [5.41, 5.74) is 9.97. The minimum absolute atomic E-state index is 0.234. The third-order valence-electron chi connectivity index (χ3n) is 6.24. The van der Waals surface area contributed by atoms with Crippen molar-refractivity contribution in [1.29, 1.82) is 0 Å². The third kappa shape index (κ3) is 3.48. The van der Waals surface area contributed by atoms with Gasteiger partial charge in [-0.2, -0.15) is 0 Å². The lowest BCUT2D eigenvalue weighted by atomic mass is 10.0. The van der Waals surface area contributed by atoms with Crippen LogP contribution in [0.15, 0.2) is 0 Å². The first-order valence-electron chi connectivity index (χ1n) is 9.52. The van der Waals surface area contributed by atoms with Crippen molar-refractivity contribution in [2.45, 2.75) is 54.4 Å². The molecular weight excluding hydrogens is 370 g/mol. The lowest BCUT2D eigenvalue weighted by molar-refractivity contribution is 0.0679. The molecule has 0 saturated carbocycles. The maximum absolute atomic E-state index is 11.4. The van der Waals surface area contributed by atoms with Crippen LogP contribution in [0.25, 0.3) is 0 Å². The molecule has 3 aromatic rings. The minimum Gasteiger partial charge on any atom is -0.477 e. The zero-order valence-electron chi connectivity index (χ0n) is 17.6. The van der Waals surface area contributed by atoms with Gasteiger partial charge in [-0.25, -0.2) is 9.59 Å². The molecule has 0 aliphatic rings. The number of hydrogen-bond donors (Lipinski definition) is 5. The number of aromatic amines is 3. The Hall–Kier alpha value is -3.22. The normalized spacial score (nSPS) is 11.2. The number of aromatic carboxylic acids is 2. The minimum atomic E-state index is -0.955. The van der Waals surface area contributed by atoms with Gasteiger partial charge in [0, 0.05) is 35.6 Å². The molecule has 0 amide bonds. The van der Waals surface area contributed by atoms with Crippen molar-refractivity contribution in [1.82, 2.24) is 15.0 Å². The predicted octanol–water partition coefficient (Wildman–Crippen LogP) is 4.10. The van der Waals surface area contributed by atoms with Crippen molar-refractivity contribution in [2.75, 3.05) is 0 Å². The Bertz CT molecular complexity index is 1040. The molecule has 7 heteroatoms. The van der Waals surface area contributed by atoms with Crippen LogP contribution in [0.3, 0.4) is 0 Å². The standard InChI is InChI=1S/C22H27N3O4/c1-9-10(2)16(8-18-12(4)14(6)20(25-18)22(28)29)23-15(9)7-17-11(3)13(5)19(24-17)21(26)27/h23-25H,7-8H2,1-6H3,(H,26,27)(H,28,29). The van der Waals surface area contributed by atoms with Crippen molar-refractivity contribution >= 4 is 11.9 Å². The van der Waals surface area contributed by atoms with Gasteiger partial charge in [0.05, 0.1) is 0 Å². The molecule has 0 fully saturated rings. The van der Waals surface area contributed by atoms with E-state index < -0.39 is 11.9 Å². The fourth-order valence-electron chi connectivity index (χ4n) is 3.82. The third-order valence-corrected chi connectivity index (χ3v) is 6.24. The lowest BCUT2D eigenvalue weighted by Crippen LogP contribution is -2.00. The molecule has 0 unspecified atom stereocenters. The largest absolute Gasteiger partial charge is 0.477 e. The highest BCUT2D eigenvalue weighted by Crippen LogP contribution is 2.27. The number of aromatic nitrogens is 3. The summed E-state index contributed by atoms with van der Waals surface area (Å²) in [7, 11) is 0. The Morgan fingerprint density at radius 3 is 1.10 bits per heavy atom. The number of hydrogen-bond acceptors (Lipinski definition) is 2. The monoisotopic (exact) mass is 397 g/mol. The van der Waals surface area contributed by atoms with Crippen molar-refractivity contribution in [2.24, 2.45) is 0 Å². The van der Waals surface area contributed by atoms with Gasteiger partial charge in [-0.05, 0) is 74.9 Å². The van der Waals surface area contributed by atoms with Crippen LogP contribution in [0.5, 0.6) is 0 Å². The molecule has 0 bridgehead atoms. The summed E-state index contributed by atoms with van der Waals surface area (Å²) in [5.74, 6) is -1.91. The molecule has 7 nitrogen and oxygen atoms in total. The van der Waals surface area contributed by atoms with Gasteiger partial charge in [-0.15, -0.1) is 0 Å². The van der Waals surface area contributed by atoms with E-state index in [2.05, 4.69) is 15.0 Å². The van der Waals surface area contributed by atoms with E-state index in [1.807, 2.05) is 41.5 Å². The molecular formula is C22H27N3O4. The molecule has 0 saturated heterocycles. The Morgan fingerprint density at radius 2 is 0.828 bits per heavy atom. The van der Waals surface area contributed by atoms with E-state index in [-0.39, 0.29) is 11.4 Å². The molecule has 29 heavy (non-hydrogen) atoms. The second-order valence-corrected chi connectivity index (χ2v) is 7.75. The summed E-state index contributed by atoms with van der Waals surface area (Å²) >= 11 is 0. The number of carboxylic acids is 2. The maximum atomic E-state index is 11.4. The molecule has 0 aliphatic heterocycles. The Morgan fingerprint density at radius 1 is 0.552 bits per heavy atom. The maximum Gasteiger partial charge on any atom is 0.352 e. The highest BCUT2D eigenvalue weighted by Gasteiger charge is 2.20. The van der Waals surface area contributed by atoms with Gasteiger partial charge in [0.2, 0.25) is 0 Å². The Labute approximate surface area is 169 Å². The molecule has 3 heterocycles. The van der Waals surface area contributed by atoms with Crippen molar-refractivity contribution in [3.63, 3.8) is 0 Å². The first-order chi connectivity index (χ1) is 13.5. The van der Waals surface area contributed by atoms with Crippen LogP contribution in [0, 0.1) is 41.5 Å². The molecule has 154 valence electrons. The number of carboxylic acid groups (broad SMARTS) is 2. The number of H-pyrrole nitrogens is 3. The molecule has 0 spiro atoms. The average molecular weight is 397 g/mol. The second-order valence-electron chi connectivity index (χ2n) is 7.75.